The van der Waals surface area contributed by atoms with Crippen LogP contribution < -0.4 is 10.6 Å². The maximum atomic E-state index is 12.4. The Morgan fingerprint density at radius 2 is 2.00 bits per heavy atom. The summed E-state index contributed by atoms with van der Waals surface area (Å²) in [6, 6.07) is 3.65. The predicted molar refractivity (Wildman–Crippen MR) is 101 cm³/mol. The molecule has 2 aliphatic heterocycles. The summed E-state index contributed by atoms with van der Waals surface area (Å²) >= 11 is 0. The second-order valence-electron chi connectivity index (χ2n) is 7.38. The monoisotopic (exact) mass is 442 g/mol. The van der Waals surface area contributed by atoms with Gasteiger partial charge in [-0.25, -0.2) is 9.78 Å². The number of alkyl halides is 3. The zero-order chi connectivity index (χ0) is 22.6. The molecule has 1 amide bonds. The van der Waals surface area contributed by atoms with Crippen LogP contribution in [-0.2, 0) is 14.3 Å². The van der Waals surface area contributed by atoms with Crippen LogP contribution in [0.1, 0.15) is 29.6 Å². The van der Waals surface area contributed by atoms with Crippen LogP contribution in [0.5, 0.6) is 0 Å². The first-order chi connectivity index (χ1) is 14.6. The maximum absolute atomic E-state index is 12.4. The molecule has 0 aromatic carbocycles. The van der Waals surface area contributed by atoms with E-state index in [-0.39, 0.29) is 23.4 Å². The highest BCUT2D eigenvalue weighted by Crippen LogP contribution is 2.41. The van der Waals surface area contributed by atoms with Crippen molar-refractivity contribution in [3.8, 4) is 0 Å². The van der Waals surface area contributed by atoms with Crippen LogP contribution in [0, 0.1) is 5.41 Å². The lowest BCUT2D eigenvalue weighted by Gasteiger charge is -2.29. The Morgan fingerprint density at radius 3 is 2.65 bits per heavy atom. The number of H-pyrrole nitrogens is 1. The summed E-state index contributed by atoms with van der Waals surface area (Å²) in [5, 5.41) is 14.1. The second kappa shape index (κ2) is 8.92. The van der Waals surface area contributed by atoms with Gasteiger partial charge in [0.2, 0.25) is 0 Å². The number of nitrogens with one attached hydrogen (secondary N) is 3. The highest BCUT2D eigenvalue weighted by atomic mass is 19.4. The molecule has 4 N–H and O–H groups in total. The van der Waals surface area contributed by atoms with E-state index < -0.39 is 12.1 Å². The van der Waals surface area contributed by atoms with Crippen molar-refractivity contribution < 1.29 is 37.4 Å². The first kappa shape index (κ1) is 22.5. The van der Waals surface area contributed by atoms with E-state index in [0.29, 0.717) is 24.2 Å². The van der Waals surface area contributed by atoms with Gasteiger partial charge in [0.1, 0.15) is 11.8 Å². The zero-order valence-corrected chi connectivity index (χ0v) is 16.3. The second-order valence-corrected chi connectivity index (χ2v) is 7.38. The quantitative estimate of drug-likeness (QED) is 0.531. The molecule has 168 valence electrons. The number of esters is 1. The standard InChI is InChI=1S/C17H20N4O3.C2HF3O2/c22-15(13-10-20-14-12(13)2-1-5-19-14)21-9-11-8-17(16(23)24-11)3-6-18-7-4-17;3-2(4,5)1(6)7/h1-2,5,10-11,18H,3-4,6-9H2,(H,19,20)(H,21,22);(H,6,7). The van der Waals surface area contributed by atoms with E-state index in [4.69, 9.17) is 14.6 Å². The SMILES string of the molecule is O=C(NCC1CC2(CCNCC2)C(=O)O1)c1c[nH]c2ncccc12.O=C(O)C(F)(F)F. The fourth-order valence-electron chi connectivity index (χ4n) is 3.71. The van der Waals surface area contributed by atoms with Gasteiger partial charge in [-0.05, 0) is 38.1 Å². The average molecular weight is 442 g/mol. The molecule has 2 saturated heterocycles. The molecule has 0 radical (unpaired) electrons. The molecule has 1 atom stereocenters. The molecule has 12 heteroatoms. The number of ether oxygens (including phenoxy) is 1. The van der Waals surface area contributed by atoms with Crippen LogP contribution in [0.2, 0.25) is 0 Å². The molecule has 0 bridgehead atoms. The normalized spacial score (nSPS) is 20.1. The Labute approximate surface area is 174 Å². The number of aromatic amines is 1. The molecule has 2 aromatic heterocycles. The molecule has 1 spiro atoms. The summed E-state index contributed by atoms with van der Waals surface area (Å²) < 4.78 is 37.2. The number of hydrogen-bond donors (Lipinski definition) is 4. The van der Waals surface area contributed by atoms with Gasteiger partial charge in [-0.1, -0.05) is 0 Å². The number of carboxylic acid groups (broad SMARTS) is 1. The van der Waals surface area contributed by atoms with Crippen LogP contribution in [0.15, 0.2) is 24.5 Å². The van der Waals surface area contributed by atoms with Gasteiger partial charge >= 0.3 is 18.1 Å². The van der Waals surface area contributed by atoms with Gasteiger partial charge in [-0.15, -0.1) is 0 Å². The van der Waals surface area contributed by atoms with Crippen molar-refractivity contribution in [3.63, 3.8) is 0 Å². The van der Waals surface area contributed by atoms with Gasteiger partial charge in [-0.2, -0.15) is 13.2 Å². The summed E-state index contributed by atoms with van der Waals surface area (Å²) in [6.07, 6.45) is 0.305. The summed E-state index contributed by atoms with van der Waals surface area (Å²) in [5.74, 6) is -3.05. The number of rotatable bonds is 3. The number of carbonyl (C=O) groups excluding carboxylic acids is 2. The van der Waals surface area contributed by atoms with Crippen LogP contribution >= 0.6 is 0 Å². The van der Waals surface area contributed by atoms with Gasteiger partial charge < -0.3 is 25.5 Å². The molecule has 4 rings (SSSR count). The number of carbonyl (C=O) groups is 3. The van der Waals surface area contributed by atoms with Gasteiger partial charge in [0, 0.05) is 24.2 Å². The Kier molecular flexibility index (Phi) is 6.48. The highest BCUT2D eigenvalue weighted by Gasteiger charge is 2.49. The van der Waals surface area contributed by atoms with E-state index in [2.05, 4.69) is 20.6 Å². The summed E-state index contributed by atoms with van der Waals surface area (Å²) in [7, 11) is 0. The third-order valence-corrected chi connectivity index (χ3v) is 5.31. The van der Waals surface area contributed by atoms with E-state index in [1.807, 2.05) is 6.07 Å². The van der Waals surface area contributed by atoms with E-state index in [1.165, 1.54) is 0 Å². The predicted octanol–water partition coefficient (Wildman–Crippen LogP) is 1.61. The maximum Gasteiger partial charge on any atom is 0.490 e. The largest absolute Gasteiger partial charge is 0.490 e. The smallest absolute Gasteiger partial charge is 0.475 e. The minimum atomic E-state index is -5.08. The average Bonchev–Trinajstić information content (AvgIpc) is 3.28. The van der Waals surface area contributed by atoms with Crippen molar-refractivity contribution in [1.29, 1.82) is 0 Å². The molecule has 9 nitrogen and oxygen atoms in total. The van der Waals surface area contributed by atoms with Gasteiger partial charge in [0.05, 0.1) is 17.5 Å². The minimum absolute atomic E-state index is 0.112. The molecule has 2 aromatic rings. The Balaban J connectivity index is 0.000000339. The number of aromatic nitrogens is 2. The molecule has 31 heavy (non-hydrogen) atoms. The van der Waals surface area contributed by atoms with E-state index in [9.17, 15) is 22.8 Å². The number of halogens is 3. The van der Waals surface area contributed by atoms with Crippen LogP contribution in [-0.4, -0.2) is 64.8 Å². The fraction of sp³-hybridized carbons (Fsp3) is 0.474. The van der Waals surface area contributed by atoms with Crippen molar-refractivity contribution in [3.05, 3.63) is 30.1 Å². The lowest BCUT2D eigenvalue weighted by Crippen LogP contribution is -2.39. The van der Waals surface area contributed by atoms with E-state index >= 15 is 0 Å². The Morgan fingerprint density at radius 1 is 1.32 bits per heavy atom. The first-order valence-corrected chi connectivity index (χ1v) is 9.55. The molecule has 2 fully saturated rings. The lowest BCUT2D eigenvalue weighted by atomic mass is 9.76. The fourth-order valence-corrected chi connectivity index (χ4v) is 3.71. The van der Waals surface area contributed by atoms with Crippen molar-refractivity contribution in [2.75, 3.05) is 19.6 Å². The van der Waals surface area contributed by atoms with Crippen molar-refractivity contribution in [2.45, 2.75) is 31.5 Å². The van der Waals surface area contributed by atoms with Crippen LogP contribution in [0.4, 0.5) is 13.2 Å². The molecule has 0 saturated carbocycles. The number of aliphatic carboxylic acids is 1. The molecule has 1 unspecified atom stereocenters. The third kappa shape index (κ3) is 5.13. The Hall–Kier alpha value is -3.15. The topological polar surface area (TPSA) is 133 Å². The molecule has 0 aliphatic carbocycles. The number of piperidine rings is 1. The van der Waals surface area contributed by atoms with Crippen molar-refractivity contribution in [2.24, 2.45) is 5.41 Å². The van der Waals surface area contributed by atoms with Crippen molar-refractivity contribution >= 4 is 28.9 Å². The number of nitrogens with zero attached hydrogens (tertiary/aromatic N) is 1. The number of cyclic esters (lactones) is 1. The minimum Gasteiger partial charge on any atom is -0.475 e. The van der Waals surface area contributed by atoms with E-state index in [1.54, 1.807) is 18.5 Å². The molecule has 4 heterocycles. The zero-order valence-electron chi connectivity index (χ0n) is 16.3. The van der Waals surface area contributed by atoms with Gasteiger partial charge in [0.15, 0.2) is 0 Å². The number of hydrogen-bond acceptors (Lipinski definition) is 6. The molecular formula is C19H21F3N4O5. The third-order valence-electron chi connectivity index (χ3n) is 5.31. The number of amides is 1. The van der Waals surface area contributed by atoms with Crippen molar-refractivity contribution in [1.82, 2.24) is 20.6 Å². The molecule has 2 aliphatic rings. The van der Waals surface area contributed by atoms with Gasteiger partial charge in [0.25, 0.3) is 5.91 Å². The number of pyridine rings is 1. The van der Waals surface area contributed by atoms with Gasteiger partial charge in [-0.3, -0.25) is 9.59 Å². The van der Waals surface area contributed by atoms with Crippen LogP contribution in [0.3, 0.4) is 0 Å². The first-order valence-electron chi connectivity index (χ1n) is 9.55. The number of fused-ring (bicyclic) bond motifs is 1. The Bertz CT molecular complexity index is 969. The summed E-state index contributed by atoms with van der Waals surface area (Å²) in [5.41, 5.74) is 0.883. The van der Waals surface area contributed by atoms with E-state index in [0.717, 1.165) is 31.3 Å². The molecular weight excluding hydrogens is 421 g/mol. The lowest BCUT2D eigenvalue weighted by molar-refractivity contribution is -0.192. The summed E-state index contributed by atoms with van der Waals surface area (Å²) in [4.78, 5) is 40.7. The number of carboxylic acids is 1. The summed E-state index contributed by atoms with van der Waals surface area (Å²) in [6.45, 7) is 2.03. The van der Waals surface area contributed by atoms with Crippen LogP contribution in [0.25, 0.3) is 11.0 Å². The highest BCUT2D eigenvalue weighted by molar-refractivity contribution is 6.05.